The molecule has 0 saturated heterocycles. The normalized spacial score (nSPS) is 10.6. The van der Waals surface area contributed by atoms with Crippen molar-refractivity contribution in [2.45, 2.75) is 13.1 Å². The van der Waals surface area contributed by atoms with Gasteiger partial charge >= 0.3 is 12.0 Å². The van der Waals surface area contributed by atoms with Crippen molar-refractivity contribution < 1.29 is 14.3 Å². The highest BCUT2D eigenvalue weighted by atomic mass is 16.5. The van der Waals surface area contributed by atoms with Gasteiger partial charge in [-0.1, -0.05) is 18.2 Å². The molecule has 0 aliphatic carbocycles. The van der Waals surface area contributed by atoms with Gasteiger partial charge in [0.2, 0.25) is 5.91 Å². The van der Waals surface area contributed by atoms with Gasteiger partial charge in [0.15, 0.2) is 5.82 Å². The third-order valence-electron chi connectivity index (χ3n) is 3.44. The van der Waals surface area contributed by atoms with E-state index in [9.17, 15) is 4.79 Å². The maximum Gasteiger partial charge on any atom is 0.322 e. The predicted octanol–water partition coefficient (Wildman–Crippen LogP) is 1.16. The first-order chi connectivity index (χ1) is 11.7. The Kier molecular flexibility index (Phi) is 4.55. The molecular weight excluding hydrogens is 310 g/mol. The number of aromatic nitrogens is 4. The second kappa shape index (κ2) is 6.95. The number of carbonyl (C=O) groups is 1. The molecule has 0 atom stereocenters. The fraction of sp³-hybridized carbons (Fsp3) is 0.250. The molecule has 0 fully saturated rings. The number of para-hydroxylation sites is 1. The molecule has 3 rings (SSSR count). The fourth-order valence-corrected chi connectivity index (χ4v) is 2.31. The van der Waals surface area contributed by atoms with Crippen LogP contribution >= 0.6 is 0 Å². The molecule has 0 aliphatic heterocycles. The first-order valence-corrected chi connectivity index (χ1v) is 7.33. The molecule has 0 unspecified atom stereocenters. The maximum atomic E-state index is 12.2. The first-order valence-electron chi connectivity index (χ1n) is 7.33. The van der Waals surface area contributed by atoms with Crippen LogP contribution in [0, 0.1) is 0 Å². The van der Waals surface area contributed by atoms with E-state index in [-0.39, 0.29) is 31.0 Å². The fourth-order valence-electron chi connectivity index (χ4n) is 2.31. The molecule has 0 spiro atoms. The number of benzene rings is 1. The lowest BCUT2D eigenvalue weighted by atomic mass is 10.2. The van der Waals surface area contributed by atoms with E-state index in [2.05, 4.69) is 20.3 Å². The molecule has 1 amide bonds. The summed E-state index contributed by atoms with van der Waals surface area (Å²) in [5.74, 6) is 0.221. The zero-order valence-electron chi connectivity index (χ0n) is 13.4. The summed E-state index contributed by atoms with van der Waals surface area (Å²) in [6, 6.07) is 10.2. The third-order valence-corrected chi connectivity index (χ3v) is 3.44. The minimum atomic E-state index is -0.144. The second-order valence-electron chi connectivity index (χ2n) is 5.00. The van der Waals surface area contributed by atoms with E-state index in [1.54, 1.807) is 0 Å². The van der Waals surface area contributed by atoms with Crippen LogP contribution in [0.15, 0.2) is 36.5 Å². The highest BCUT2D eigenvalue weighted by Gasteiger charge is 2.10. The number of amides is 1. The van der Waals surface area contributed by atoms with E-state index in [1.165, 1.54) is 14.2 Å². The number of hydrogen-bond acceptors (Lipinski definition) is 6. The van der Waals surface area contributed by atoms with Crippen LogP contribution in [0.4, 0.5) is 0 Å². The lowest BCUT2D eigenvalue weighted by Crippen LogP contribution is -2.27. The molecule has 1 aromatic carbocycles. The number of ether oxygens (including phenoxy) is 2. The van der Waals surface area contributed by atoms with Crippen LogP contribution in [-0.2, 0) is 17.9 Å². The summed E-state index contributed by atoms with van der Waals surface area (Å²) in [6.45, 7) is 0.375. The van der Waals surface area contributed by atoms with Gasteiger partial charge in [0.25, 0.3) is 0 Å². The summed E-state index contributed by atoms with van der Waals surface area (Å²) in [5, 5.41) is 3.88. The van der Waals surface area contributed by atoms with Crippen molar-refractivity contribution in [3.8, 4) is 12.0 Å². The van der Waals surface area contributed by atoms with E-state index < -0.39 is 0 Å². The summed E-state index contributed by atoms with van der Waals surface area (Å²) in [5.41, 5.74) is 1.01. The van der Waals surface area contributed by atoms with Crippen LogP contribution in [0.5, 0.6) is 12.0 Å². The number of carbonyl (C=O) groups excluding carboxylic acids is 1. The van der Waals surface area contributed by atoms with Gasteiger partial charge in [-0.2, -0.15) is 9.97 Å². The van der Waals surface area contributed by atoms with Crippen molar-refractivity contribution in [3.63, 3.8) is 0 Å². The average Bonchev–Trinajstić information content (AvgIpc) is 3.02. The summed E-state index contributed by atoms with van der Waals surface area (Å²) >= 11 is 0. The number of hydrogen-bond donors (Lipinski definition) is 1. The maximum absolute atomic E-state index is 12.2. The highest BCUT2D eigenvalue weighted by Crippen LogP contribution is 2.14. The third kappa shape index (κ3) is 3.43. The van der Waals surface area contributed by atoms with Crippen molar-refractivity contribution in [3.05, 3.63) is 42.4 Å². The second-order valence-corrected chi connectivity index (χ2v) is 5.00. The summed E-state index contributed by atoms with van der Waals surface area (Å²) in [7, 11) is 2.91. The van der Waals surface area contributed by atoms with Gasteiger partial charge in [0.05, 0.1) is 20.8 Å². The Bertz CT molecular complexity index is 840. The van der Waals surface area contributed by atoms with Crippen molar-refractivity contribution in [1.82, 2.24) is 24.8 Å². The van der Waals surface area contributed by atoms with Crippen LogP contribution < -0.4 is 14.8 Å². The molecule has 0 radical (unpaired) electrons. The Morgan fingerprint density at radius 2 is 1.79 bits per heavy atom. The lowest BCUT2D eigenvalue weighted by molar-refractivity contribution is -0.121. The summed E-state index contributed by atoms with van der Waals surface area (Å²) < 4.78 is 11.8. The molecule has 2 heterocycles. The molecule has 8 heteroatoms. The molecule has 3 aromatic rings. The van der Waals surface area contributed by atoms with Crippen LogP contribution in [0.3, 0.4) is 0 Å². The first kappa shape index (κ1) is 15.7. The molecular formula is C16H17N5O3. The van der Waals surface area contributed by atoms with Crippen molar-refractivity contribution in [1.29, 1.82) is 0 Å². The van der Waals surface area contributed by atoms with E-state index in [0.717, 1.165) is 10.9 Å². The molecule has 0 aliphatic rings. The van der Waals surface area contributed by atoms with Crippen molar-refractivity contribution in [2.75, 3.05) is 14.2 Å². The van der Waals surface area contributed by atoms with E-state index in [0.29, 0.717) is 5.82 Å². The van der Waals surface area contributed by atoms with Gasteiger partial charge in [0, 0.05) is 11.7 Å². The van der Waals surface area contributed by atoms with Gasteiger partial charge in [-0.3, -0.25) is 4.79 Å². The number of fused-ring (bicyclic) bond motifs is 1. The van der Waals surface area contributed by atoms with Gasteiger partial charge in [0.1, 0.15) is 6.54 Å². The lowest BCUT2D eigenvalue weighted by Gasteiger charge is -2.08. The molecule has 24 heavy (non-hydrogen) atoms. The van der Waals surface area contributed by atoms with Gasteiger partial charge < -0.3 is 19.4 Å². The topological polar surface area (TPSA) is 91.2 Å². The minimum absolute atomic E-state index is 0.141. The van der Waals surface area contributed by atoms with Crippen LogP contribution in [0.25, 0.3) is 10.9 Å². The minimum Gasteiger partial charge on any atom is -0.467 e. The zero-order chi connectivity index (χ0) is 16.9. The number of methoxy groups -OCH3 is 2. The Morgan fingerprint density at radius 3 is 2.50 bits per heavy atom. The Hall–Kier alpha value is -3.16. The van der Waals surface area contributed by atoms with Crippen LogP contribution in [0.2, 0.25) is 0 Å². The quantitative estimate of drug-likeness (QED) is 0.730. The van der Waals surface area contributed by atoms with Crippen molar-refractivity contribution >= 4 is 16.8 Å². The largest absolute Gasteiger partial charge is 0.467 e. The van der Waals surface area contributed by atoms with Crippen LogP contribution in [-0.4, -0.2) is 39.6 Å². The molecule has 1 N–H and O–H groups in total. The Morgan fingerprint density at radius 1 is 1.08 bits per heavy atom. The standard InChI is InChI=1S/C16H17N5O3/c1-23-15-18-13(19-16(20-15)24-2)9-17-14(22)10-21-8-7-11-5-3-4-6-12(11)21/h3-8H,9-10H2,1-2H3,(H,17,22). The van der Waals surface area contributed by atoms with Gasteiger partial charge in [-0.25, -0.2) is 0 Å². The van der Waals surface area contributed by atoms with E-state index in [1.807, 2.05) is 41.1 Å². The Labute approximate surface area is 138 Å². The molecule has 0 saturated carbocycles. The number of nitrogens with one attached hydrogen (secondary N) is 1. The zero-order valence-corrected chi connectivity index (χ0v) is 13.4. The van der Waals surface area contributed by atoms with E-state index in [4.69, 9.17) is 9.47 Å². The summed E-state index contributed by atoms with van der Waals surface area (Å²) in [6.07, 6.45) is 1.89. The van der Waals surface area contributed by atoms with Gasteiger partial charge in [-0.05, 0) is 17.5 Å². The van der Waals surface area contributed by atoms with Crippen molar-refractivity contribution in [2.24, 2.45) is 0 Å². The number of nitrogens with zero attached hydrogens (tertiary/aromatic N) is 4. The molecule has 8 nitrogen and oxygen atoms in total. The Balaban J connectivity index is 1.65. The van der Waals surface area contributed by atoms with E-state index >= 15 is 0 Å². The highest BCUT2D eigenvalue weighted by molar-refractivity contribution is 5.83. The smallest absolute Gasteiger partial charge is 0.322 e. The SMILES string of the molecule is COc1nc(CNC(=O)Cn2ccc3ccccc32)nc(OC)n1. The molecule has 124 valence electrons. The molecule has 0 bridgehead atoms. The predicted molar refractivity (Wildman–Crippen MR) is 86.7 cm³/mol. The van der Waals surface area contributed by atoms with Gasteiger partial charge in [-0.15, -0.1) is 4.98 Å². The van der Waals surface area contributed by atoms with Crippen LogP contribution in [0.1, 0.15) is 5.82 Å². The average molecular weight is 327 g/mol. The number of rotatable bonds is 6. The summed E-state index contributed by atoms with van der Waals surface area (Å²) in [4.78, 5) is 24.2. The monoisotopic (exact) mass is 327 g/mol. The molecule has 2 aromatic heterocycles.